The Kier molecular flexibility index (Phi) is 4.71. The zero-order chi connectivity index (χ0) is 15.5. The first-order chi connectivity index (χ1) is 9.90. The molecule has 3 N–H and O–H groups in total. The summed E-state index contributed by atoms with van der Waals surface area (Å²) in [6, 6.07) is 6.77. The molecule has 1 aromatic carbocycles. The highest BCUT2D eigenvalue weighted by atomic mass is 32.2. The predicted octanol–water partition coefficient (Wildman–Crippen LogP) is 1.57. The zero-order valence-electron chi connectivity index (χ0n) is 10.9. The van der Waals surface area contributed by atoms with Crippen LogP contribution in [0.3, 0.4) is 0 Å². The number of furan rings is 1. The lowest BCUT2D eigenvalue weighted by molar-refractivity contribution is 0.506. The van der Waals surface area contributed by atoms with Crippen LogP contribution < -0.4 is 10.5 Å². The summed E-state index contributed by atoms with van der Waals surface area (Å²) in [4.78, 5) is -0.286. The van der Waals surface area contributed by atoms with Crippen LogP contribution in [0.5, 0.6) is 0 Å². The summed E-state index contributed by atoms with van der Waals surface area (Å²) in [5.74, 6) is 0.0117. The molecular weight excluding hydrogens is 315 g/mol. The van der Waals surface area contributed by atoms with Gasteiger partial charge < -0.3 is 10.2 Å². The van der Waals surface area contributed by atoms with Crippen LogP contribution in [0.15, 0.2) is 45.9 Å². The molecule has 0 aliphatic rings. The van der Waals surface area contributed by atoms with Crippen LogP contribution in [0.1, 0.15) is 11.3 Å². The van der Waals surface area contributed by atoms with Crippen molar-refractivity contribution in [3.05, 3.63) is 53.7 Å². The molecule has 0 aliphatic heterocycles. The van der Waals surface area contributed by atoms with Crippen LogP contribution in [0, 0.1) is 5.82 Å². The van der Waals surface area contributed by atoms with Crippen molar-refractivity contribution in [3.63, 3.8) is 0 Å². The summed E-state index contributed by atoms with van der Waals surface area (Å²) >= 11 is 4.68. The minimum atomic E-state index is -3.76. The van der Waals surface area contributed by atoms with Crippen LogP contribution >= 0.6 is 12.2 Å². The van der Waals surface area contributed by atoms with Crippen molar-refractivity contribution in [3.8, 4) is 0 Å². The largest absolute Gasteiger partial charge is 0.469 e. The van der Waals surface area contributed by atoms with Gasteiger partial charge in [0.15, 0.2) is 0 Å². The predicted molar refractivity (Wildman–Crippen MR) is 79.9 cm³/mol. The van der Waals surface area contributed by atoms with E-state index in [2.05, 4.69) is 16.9 Å². The molecule has 2 aromatic rings. The first kappa shape index (κ1) is 15.6. The first-order valence-corrected chi connectivity index (χ1v) is 7.91. The van der Waals surface area contributed by atoms with Gasteiger partial charge in [0, 0.05) is 18.5 Å². The van der Waals surface area contributed by atoms with Crippen LogP contribution in [-0.2, 0) is 16.4 Å². The third kappa shape index (κ3) is 3.87. The fourth-order valence-corrected chi connectivity index (χ4v) is 2.92. The van der Waals surface area contributed by atoms with Gasteiger partial charge in [-0.2, -0.15) is 0 Å². The van der Waals surface area contributed by atoms with Gasteiger partial charge in [0.25, 0.3) is 0 Å². The average Bonchev–Trinajstić information content (AvgIpc) is 2.91. The van der Waals surface area contributed by atoms with E-state index in [9.17, 15) is 12.8 Å². The van der Waals surface area contributed by atoms with E-state index in [0.29, 0.717) is 12.2 Å². The minimum Gasteiger partial charge on any atom is -0.469 e. The van der Waals surface area contributed by atoms with Gasteiger partial charge in [0.05, 0.1) is 11.2 Å². The third-order valence-electron chi connectivity index (χ3n) is 2.76. The normalized spacial score (nSPS) is 11.5. The number of hydrogen-bond acceptors (Lipinski definition) is 4. The molecule has 0 fully saturated rings. The molecule has 5 nitrogen and oxygen atoms in total. The lowest BCUT2D eigenvalue weighted by Crippen LogP contribution is -2.26. The Labute approximate surface area is 127 Å². The molecule has 0 bridgehead atoms. The number of hydrogen-bond donors (Lipinski definition) is 2. The summed E-state index contributed by atoms with van der Waals surface area (Å²) in [6.07, 6.45) is 1.92. The van der Waals surface area contributed by atoms with Crippen LogP contribution in [0.2, 0.25) is 0 Å². The highest BCUT2D eigenvalue weighted by Crippen LogP contribution is 2.15. The SMILES string of the molecule is NC(=S)c1cc(S(=O)(=O)NCCc2ccco2)ccc1F. The van der Waals surface area contributed by atoms with Gasteiger partial charge in [0.2, 0.25) is 10.0 Å². The smallest absolute Gasteiger partial charge is 0.240 e. The molecule has 0 aliphatic carbocycles. The number of nitrogens with one attached hydrogen (secondary N) is 1. The summed E-state index contributed by atoms with van der Waals surface area (Å²) in [7, 11) is -3.76. The van der Waals surface area contributed by atoms with E-state index in [1.807, 2.05) is 0 Å². The molecule has 0 saturated heterocycles. The van der Waals surface area contributed by atoms with Gasteiger partial charge in [-0.25, -0.2) is 17.5 Å². The van der Waals surface area contributed by atoms with Crippen molar-refractivity contribution < 1.29 is 17.2 Å². The topological polar surface area (TPSA) is 85.3 Å². The highest BCUT2D eigenvalue weighted by Gasteiger charge is 2.17. The van der Waals surface area contributed by atoms with E-state index in [-0.39, 0.29) is 22.0 Å². The van der Waals surface area contributed by atoms with Crippen LogP contribution in [-0.4, -0.2) is 20.0 Å². The van der Waals surface area contributed by atoms with Crippen molar-refractivity contribution in [2.24, 2.45) is 5.73 Å². The number of sulfonamides is 1. The summed E-state index contributed by atoms with van der Waals surface area (Å²) in [5.41, 5.74) is 5.26. The monoisotopic (exact) mass is 328 g/mol. The summed E-state index contributed by atoms with van der Waals surface area (Å²) in [6.45, 7) is 0.162. The second-order valence-electron chi connectivity index (χ2n) is 4.23. The van der Waals surface area contributed by atoms with Gasteiger partial charge in [-0.3, -0.25) is 0 Å². The first-order valence-electron chi connectivity index (χ1n) is 6.01. The zero-order valence-corrected chi connectivity index (χ0v) is 12.5. The van der Waals surface area contributed by atoms with Gasteiger partial charge in [-0.05, 0) is 30.3 Å². The van der Waals surface area contributed by atoms with Crippen LogP contribution in [0.4, 0.5) is 4.39 Å². The Hall–Kier alpha value is -1.77. The van der Waals surface area contributed by atoms with Gasteiger partial charge >= 0.3 is 0 Å². The van der Waals surface area contributed by atoms with Crippen LogP contribution in [0.25, 0.3) is 0 Å². The fraction of sp³-hybridized carbons (Fsp3) is 0.154. The van der Waals surface area contributed by atoms with E-state index in [1.54, 1.807) is 12.1 Å². The molecule has 0 unspecified atom stereocenters. The summed E-state index contributed by atoms with van der Waals surface area (Å²) in [5, 5.41) is 0. The van der Waals surface area contributed by atoms with E-state index >= 15 is 0 Å². The van der Waals surface area contributed by atoms with Gasteiger partial charge in [-0.1, -0.05) is 12.2 Å². The van der Waals surface area contributed by atoms with E-state index < -0.39 is 15.8 Å². The molecule has 0 saturated carbocycles. The van der Waals surface area contributed by atoms with Crippen molar-refractivity contribution in [1.82, 2.24) is 4.72 Å². The molecule has 112 valence electrons. The Balaban J connectivity index is 2.12. The number of halogens is 1. The Morgan fingerprint density at radius 2 is 2.14 bits per heavy atom. The van der Waals surface area contributed by atoms with Crippen molar-refractivity contribution in [2.45, 2.75) is 11.3 Å². The average molecular weight is 328 g/mol. The molecule has 1 heterocycles. The minimum absolute atomic E-state index is 0.0915. The molecule has 8 heteroatoms. The van der Waals surface area contributed by atoms with Crippen molar-refractivity contribution in [2.75, 3.05) is 6.54 Å². The van der Waals surface area contributed by atoms with E-state index in [4.69, 9.17) is 10.2 Å². The molecule has 0 atom stereocenters. The molecule has 0 spiro atoms. The maximum atomic E-state index is 13.5. The third-order valence-corrected chi connectivity index (χ3v) is 4.44. The lowest BCUT2D eigenvalue weighted by atomic mass is 10.2. The highest BCUT2D eigenvalue weighted by molar-refractivity contribution is 7.89. The number of benzene rings is 1. The van der Waals surface area contributed by atoms with Gasteiger partial charge in [0.1, 0.15) is 16.6 Å². The molecule has 21 heavy (non-hydrogen) atoms. The molecule has 2 rings (SSSR count). The Bertz CT molecular complexity index is 743. The van der Waals surface area contributed by atoms with E-state index in [0.717, 1.165) is 18.2 Å². The van der Waals surface area contributed by atoms with Gasteiger partial charge in [-0.15, -0.1) is 0 Å². The maximum absolute atomic E-state index is 13.5. The number of rotatable bonds is 6. The maximum Gasteiger partial charge on any atom is 0.240 e. The second kappa shape index (κ2) is 6.33. The van der Waals surface area contributed by atoms with Crippen molar-refractivity contribution >= 4 is 27.2 Å². The molecular formula is C13H13FN2O3S2. The molecule has 0 radical (unpaired) electrons. The lowest BCUT2D eigenvalue weighted by Gasteiger charge is -2.08. The fourth-order valence-electron chi connectivity index (χ4n) is 1.71. The molecule has 0 amide bonds. The quantitative estimate of drug-likeness (QED) is 0.786. The Morgan fingerprint density at radius 1 is 1.38 bits per heavy atom. The summed E-state index contributed by atoms with van der Waals surface area (Å²) < 4.78 is 45.2. The standard InChI is InChI=1S/C13H13FN2O3S2/c14-12-4-3-10(8-11(12)13(15)20)21(17,18)16-6-5-9-2-1-7-19-9/h1-4,7-8,16H,5-6H2,(H2,15,20). The second-order valence-corrected chi connectivity index (χ2v) is 6.44. The number of nitrogens with two attached hydrogens (primary N) is 1. The van der Waals surface area contributed by atoms with Crippen molar-refractivity contribution in [1.29, 1.82) is 0 Å². The van der Waals surface area contributed by atoms with E-state index in [1.165, 1.54) is 6.26 Å². The number of thiocarbonyl (C=S) groups is 1. The molecule has 1 aromatic heterocycles. The Morgan fingerprint density at radius 3 is 2.76 bits per heavy atom.